The summed E-state index contributed by atoms with van der Waals surface area (Å²) in [6.45, 7) is 0. The summed E-state index contributed by atoms with van der Waals surface area (Å²) in [7, 11) is -4.41. The lowest BCUT2D eigenvalue weighted by atomic mass is 10.0. The first kappa shape index (κ1) is 11.1. The van der Waals surface area contributed by atoms with Crippen LogP contribution in [0.1, 0.15) is 6.42 Å². The molecular formula is C10H11NO4S. The van der Waals surface area contributed by atoms with Crippen molar-refractivity contribution in [3.8, 4) is 5.75 Å². The van der Waals surface area contributed by atoms with Crippen LogP contribution in [-0.2, 0) is 10.1 Å². The van der Waals surface area contributed by atoms with Crippen LogP contribution in [0.5, 0.6) is 5.75 Å². The number of hydrogen-bond donors (Lipinski definition) is 3. The molecule has 2 rings (SSSR count). The number of aromatic hydroxyl groups is 1. The van der Waals surface area contributed by atoms with Crippen molar-refractivity contribution in [3.63, 3.8) is 0 Å². The molecular weight excluding hydrogens is 230 g/mol. The van der Waals surface area contributed by atoms with Crippen LogP contribution >= 0.6 is 0 Å². The van der Waals surface area contributed by atoms with Crippen LogP contribution in [0.3, 0.4) is 0 Å². The molecule has 1 atom stereocenters. The van der Waals surface area contributed by atoms with Gasteiger partial charge in [0, 0.05) is 11.6 Å². The third-order valence-corrected chi connectivity index (χ3v) is 3.87. The Hall–Kier alpha value is -1.37. The molecule has 5 nitrogen and oxygen atoms in total. The van der Waals surface area contributed by atoms with Crippen molar-refractivity contribution in [2.24, 2.45) is 5.73 Å². The number of hydrogen-bond acceptors (Lipinski definition) is 4. The Bertz CT molecular complexity index is 650. The van der Waals surface area contributed by atoms with Crippen LogP contribution in [0, 0.1) is 0 Å². The first-order valence-electron chi connectivity index (χ1n) is 4.60. The zero-order chi connectivity index (χ0) is 12.0. The fraction of sp³-hybridized carbons (Fsp3) is 0.200. The second kappa shape index (κ2) is 3.31. The lowest BCUT2D eigenvalue weighted by Gasteiger charge is -2.23. The number of nitrogens with two attached hydrogens (primary N) is 1. The third-order valence-electron chi connectivity index (χ3n) is 2.63. The lowest BCUT2D eigenvalue weighted by Crippen LogP contribution is -2.50. The van der Waals surface area contributed by atoms with Gasteiger partial charge in [-0.1, -0.05) is 18.2 Å². The maximum Gasteiger partial charge on any atom is 0.287 e. The standard InChI is InChI=1S/C10H11NO4S/c11-10(16(13,14)15)5-4-7-2-1-3-9(12)8(7)6-10/h1-4,6,12H,5,11H2,(H,13,14,15). The number of phenolic OH excluding ortho intramolecular Hbond substituents is 1. The summed E-state index contributed by atoms with van der Waals surface area (Å²) < 4.78 is 31.3. The van der Waals surface area contributed by atoms with E-state index in [1.807, 2.05) is 0 Å². The molecule has 0 amide bonds. The SMILES string of the molecule is NC1(S(=O)(=O)O)C=c2c(O)cccc2=CC1. The quantitative estimate of drug-likeness (QED) is 0.542. The second-order valence-corrected chi connectivity index (χ2v) is 5.47. The summed E-state index contributed by atoms with van der Waals surface area (Å²) in [5, 5.41) is 10.6. The molecule has 0 saturated heterocycles. The molecule has 6 heteroatoms. The van der Waals surface area contributed by atoms with Gasteiger partial charge in [0.1, 0.15) is 5.75 Å². The lowest BCUT2D eigenvalue weighted by molar-refractivity contribution is 0.452. The van der Waals surface area contributed by atoms with E-state index in [1.54, 1.807) is 18.2 Å². The van der Waals surface area contributed by atoms with Crippen LogP contribution in [0.25, 0.3) is 12.2 Å². The largest absolute Gasteiger partial charge is 0.507 e. The summed E-state index contributed by atoms with van der Waals surface area (Å²) in [5.74, 6) is -0.0630. The Morgan fingerprint density at radius 1 is 1.38 bits per heavy atom. The van der Waals surface area contributed by atoms with E-state index < -0.39 is 15.0 Å². The highest BCUT2D eigenvalue weighted by Gasteiger charge is 2.36. The van der Waals surface area contributed by atoms with E-state index in [-0.39, 0.29) is 12.2 Å². The molecule has 16 heavy (non-hydrogen) atoms. The Morgan fingerprint density at radius 2 is 2.06 bits per heavy atom. The summed E-state index contributed by atoms with van der Waals surface area (Å²) in [5.41, 5.74) is 5.58. The van der Waals surface area contributed by atoms with Crippen molar-refractivity contribution >= 4 is 22.3 Å². The smallest absolute Gasteiger partial charge is 0.287 e. The molecule has 0 heterocycles. The average Bonchev–Trinajstić information content (AvgIpc) is 2.18. The molecule has 1 aromatic rings. The van der Waals surface area contributed by atoms with Gasteiger partial charge in [0.2, 0.25) is 0 Å². The Kier molecular flexibility index (Phi) is 2.30. The minimum atomic E-state index is -4.41. The van der Waals surface area contributed by atoms with E-state index in [2.05, 4.69) is 0 Å². The van der Waals surface area contributed by atoms with E-state index in [0.717, 1.165) is 0 Å². The maximum absolute atomic E-state index is 11.1. The molecule has 86 valence electrons. The van der Waals surface area contributed by atoms with E-state index in [1.165, 1.54) is 12.1 Å². The van der Waals surface area contributed by atoms with Crippen LogP contribution < -0.4 is 16.2 Å². The van der Waals surface area contributed by atoms with E-state index in [0.29, 0.717) is 10.4 Å². The molecule has 0 aliphatic heterocycles. The van der Waals surface area contributed by atoms with Gasteiger partial charge in [-0.3, -0.25) is 4.55 Å². The summed E-state index contributed by atoms with van der Waals surface area (Å²) in [6.07, 6.45) is 2.72. The first-order valence-corrected chi connectivity index (χ1v) is 6.04. The van der Waals surface area contributed by atoms with Gasteiger partial charge in [-0.2, -0.15) is 8.42 Å². The number of rotatable bonds is 1. The average molecular weight is 241 g/mol. The third kappa shape index (κ3) is 1.60. The van der Waals surface area contributed by atoms with Crippen LogP contribution in [-0.4, -0.2) is 22.9 Å². The highest BCUT2D eigenvalue weighted by Crippen LogP contribution is 2.19. The molecule has 0 fully saturated rings. The maximum atomic E-state index is 11.1. The van der Waals surface area contributed by atoms with Crippen molar-refractivity contribution in [2.75, 3.05) is 0 Å². The van der Waals surface area contributed by atoms with Crippen molar-refractivity contribution < 1.29 is 18.1 Å². The predicted molar refractivity (Wildman–Crippen MR) is 59.4 cm³/mol. The zero-order valence-corrected chi connectivity index (χ0v) is 9.11. The van der Waals surface area contributed by atoms with Gasteiger partial charge in [0.25, 0.3) is 10.1 Å². The normalized spacial score (nSPS) is 24.1. The van der Waals surface area contributed by atoms with Gasteiger partial charge >= 0.3 is 0 Å². The number of phenols is 1. The predicted octanol–water partition coefficient (Wildman–Crippen LogP) is -1.10. The van der Waals surface area contributed by atoms with Crippen LogP contribution in [0.2, 0.25) is 0 Å². The van der Waals surface area contributed by atoms with Gasteiger partial charge in [-0.25, -0.2) is 0 Å². The summed E-state index contributed by atoms with van der Waals surface area (Å²) >= 11 is 0. The highest BCUT2D eigenvalue weighted by atomic mass is 32.2. The Labute approximate surface area is 92.3 Å². The number of benzene rings is 1. The van der Waals surface area contributed by atoms with Gasteiger partial charge < -0.3 is 10.8 Å². The fourth-order valence-corrected chi connectivity index (χ4v) is 2.22. The second-order valence-electron chi connectivity index (χ2n) is 3.76. The van der Waals surface area contributed by atoms with Gasteiger partial charge in [-0.15, -0.1) is 0 Å². The van der Waals surface area contributed by atoms with Gasteiger partial charge in [-0.05, 0) is 17.4 Å². The molecule has 0 saturated carbocycles. The van der Waals surface area contributed by atoms with E-state index >= 15 is 0 Å². The first-order chi connectivity index (χ1) is 7.33. The van der Waals surface area contributed by atoms with Crippen LogP contribution in [0.15, 0.2) is 18.2 Å². The fourth-order valence-electron chi connectivity index (χ4n) is 1.66. The summed E-state index contributed by atoms with van der Waals surface area (Å²) in [6, 6.07) is 4.81. The molecule has 0 aromatic heterocycles. The van der Waals surface area contributed by atoms with E-state index in [9.17, 15) is 13.5 Å². The van der Waals surface area contributed by atoms with Crippen molar-refractivity contribution in [1.29, 1.82) is 0 Å². The van der Waals surface area contributed by atoms with Gasteiger partial charge in [0.05, 0.1) is 0 Å². The Morgan fingerprint density at radius 3 is 2.69 bits per heavy atom. The zero-order valence-electron chi connectivity index (χ0n) is 8.29. The van der Waals surface area contributed by atoms with Crippen molar-refractivity contribution in [1.82, 2.24) is 0 Å². The van der Waals surface area contributed by atoms with Crippen molar-refractivity contribution in [3.05, 3.63) is 28.6 Å². The molecule has 0 radical (unpaired) electrons. The van der Waals surface area contributed by atoms with Gasteiger partial charge in [0.15, 0.2) is 4.87 Å². The van der Waals surface area contributed by atoms with Crippen molar-refractivity contribution in [2.45, 2.75) is 11.3 Å². The number of fused-ring (bicyclic) bond motifs is 1. The molecule has 0 spiro atoms. The Balaban J connectivity index is 2.79. The molecule has 1 aliphatic rings. The topological polar surface area (TPSA) is 101 Å². The highest BCUT2D eigenvalue weighted by molar-refractivity contribution is 7.87. The molecule has 1 unspecified atom stereocenters. The molecule has 1 aliphatic carbocycles. The molecule has 0 bridgehead atoms. The minimum Gasteiger partial charge on any atom is -0.507 e. The van der Waals surface area contributed by atoms with E-state index in [4.69, 9.17) is 10.3 Å². The van der Waals surface area contributed by atoms with Crippen LogP contribution in [0.4, 0.5) is 0 Å². The monoisotopic (exact) mass is 241 g/mol. The minimum absolute atomic E-state index is 0.0255. The molecule has 4 N–H and O–H groups in total. The molecule has 1 aromatic carbocycles. The summed E-state index contributed by atoms with van der Waals surface area (Å²) in [4.78, 5) is -1.86.